The van der Waals surface area contributed by atoms with Gasteiger partial charge in [0, 0.05) is 16.8 Å². The molecule has 4 N–H and O–H groups in total. The standard InChI is InChI=1S/C18H21N4O3PS/c1-3-24-26(23,25-4-2)22-12-9-10-14-13-7-5-6-8-15(13)17(16(14)11-12)20-21-18(19)27/h5-11H,3-4H2,1-2H3,(H,22,23)(H3,19,21,27). The van der Waals surface area contributed by atoms with Gasteiger partial charge in [-0.3, -0.25) is 19.6 Å². The minimum Gasteiger partial charge on any atom is -0.375 e. The first-order chi connectivity index (χ1) is 13.0. The Labute approximate surface area is 163 Å². The van der Waals surface area contributed by atoms with E-state index >= 15 is 0 Å². The van der Waals surface area contributed by atoms with Crippen LogP contribution in [0.4, 0.5) is 5.69 Å². The van der Waals surface area contributed by atoms with Crippen LogP contribution in [-0.4, -0.2) is 24.0 Å². The van der Waals surface area contributed by atoms with E-state index in [1.807, 2.05) is 42.5 Å². The fourth-order valence-electron chi connectivity index (χ4n) is 2.95. The fourth-order valence-corrected chi connectivity index (χ4v) is 4.33. The van der Waals surface area contributed by atoms with Crippen LogP contribution < -0.4 is 16.2 Å². The Morgan fingerprint density at radius 1 is 1.07 bits per heavy atom. The van der Waals surface area contributed by atoms with Crippen LogP contribution in [0, 0.1) is 0 Å². The first-order valence-electron chi connectivity index (χ1n) is 8.52. The van der Waals surface area contributed by atoms with Crippen LogP contribution in [0.15, 0.2) is 47.6 Å². The molecule has 142 valence electrons. The molecule has 0 saturated heterocycles. The average Bonchev–Trinajstić information content (AvgIpc) is 2.93. The lowest BCUT2D eigenvalue weighted by molar-refractivity contribution is 0.225. The normalized spacial score (nSPS) is 13.9. The zero-order valence-corrected chi connectivity index (χ0v) is 16.8. The van der Waals surface area contributed by atoms with E-state index in [1.54, 1.807) is 13.8 Å². The molecule has 0 aromatic heterocycles. The summed E-state index contributed by atoms with van der Waals surface area (Å²) in [5, 5.41) is 7.32. The lowest BCUT2D eigenvalue weighted by atomic mass is 10.1. The largest absolute Gasteiger partial charge is 0.432 e. The molecule has 2 aromatic carbocycles. The van der Waals surface area contributed by atoms with Gasteiger partial charge in [-0.2, -0.15) is 5.10 Å². The molecule has 0 spiro atoms. The maximum absolute atomic E-state index is 12.8. The second-order valence-electron chi connectivity index (χ2n) is 5.69. The van der Waals surface area contributed by atoms with Crippen molar-refractivity contribution in [1.82, 2.24) is 5.43 Å². The highest BCUT2D eigenvalue weighted by atomic mass is 32.1. The highest BCUT2D eigenvalue weighted by Crippen LogP contribution is 2.48. The van der Waals surface area contributed by atoms with E-state index in [0.717, 1.165) is 22.3 Å². The Kier molecular flexibility index (Phi) is 5.92. The van der Waals surface area contributed by atoms with Crippen LogP contribution in [0.2, 0.25) is 0 Å². The van der Waals surface area contributed by atoms with Crippen LogP contribution in [0.25, 0.3) is 11.1 Å². The van der Waals surface area contributed by atoms with Crippen molar-refractivity contribution in [3.8, 4) is 11.1 Å². The molecule has 2 aromatic rings. The van der Waals surface area contributed by atoms with Gasteiger partial charge in [0.15, 0.2) is 5.11 Å². The molecule has 0 aliphatic heterocycles. The molecule has 0 heterocycles. The lowest BCUT2D eigenvalue weighted by Gasteiger charge is -2.19. The second kappa shape index (κ2) is 8.19. The molecule has 27 heavy (non-hydrogen) atoms. The third kappa shape index (κ3) is 4.20. The van der Waals surface area contributed by atoms with E-state index in [9.17, 15) is 4.57 Å². The number of rotatable bonds is 7. The number of benzene rings is 2. The quantitative estimate of drug-likeness (QED) is 0.313. The summed E-state index contributed by atoms with van der Waals surface area (Å²) in [4.78, 5) is 0. The molecule has 0 radical (unpaired) electrons. The third-order valence-corrected chi connectivity index (χ3v) is 5.71. The van der Waals surface area contributed by atoms with Crippen molar-refractivity contribution >= 4 is 36.5 Å². The van der Waals surface area contributed by atoms with Gasteiger partial charge in [0.1, 0.15) is 0 Å². The van der Waals surface area contributed by atoms with Gasteiger partial charge in [-0.15, -0.1) is 0 Å². The first-order valence-corrected chi connectivity index (χ1v) is 10.5. The highest BCUT2D eigenvalue weighted by Gasteiger charge is 2.28. The van der Waals surface area contributed by atoms with Crippen LogP contribution in [0.3, 0.4) is 0 Å². The number of nitrogens with zero attached hydrogens (tertiary/aromatic N) is 1. The molecular formula is C18H21N4O3PS. The topological polar surface area (TPSA) is 98.0 Å². The number of hydrazone groups is 1. The lowest BCUT2D eigenvalue weighted by Crippen LogP contribution is -2.25. The molecule has 0 saturated carbocycles. The van der Waals surface area contributed by atoms with Crippen LogP contribution >= 0.6 is 20.0 Å². The van der Waals surface area contributed by atoms with E-state index in [0.29, 0.717) is 11.4 Å². The SMILES string of the molecule is CCOP(=O)(Nc1ccc2c(c1)C(=NNC(N)=S)c1ccccc1-2)OCC. The molecule has 0 amide bonds. The molecule has 0 bridgehead atoms. The number of hydrogen-bond donors (Lipinski definition) is 3. The van der Waals surface area contributed by atoms with Gasteiger partial charge < -0.3 is 5.73 Å². The Hall–Kier alpha value is -2.25. The van der Waals surface area contributed by atoms with Crippen molar-refractivity contribution in [2.75, 3.05) is 18.3 Å². The Morgan fingerprint density at radius 3 is 2.33 bits per heavy atom. The molecule has 0 fully saturated rings. The number of hydrogen-bond acceptors (Lipinski definition) is 5. The van der Waals surface area contributed by atoms with Gasteiger partial charge in [-0.1, -0.05) is 30.3 Å². The zero-order valence-electron chi connectivity index (χ0n) is 15.1. The van der Waals surface area contributed by atoms with Crippen LogP contribution in [-0.2, 0) is 13.6 Å². The van der Waals surface area contributed by atoms with E-state index in [-0.39, 0.29) is 18.3 Å². The second-order valence-corrected chi connectivity index (χ2v) is 7.86. The molecule has 1 aliphatic rings. The van der Waals surface area contributed by atoms with Crippen LogP contribution in [0.1, 0.15) is 25.0 Å². The predicted molar refractivity (Wildman–Crippen MR) is 112 cm³/mol. The number of fused-ring (bicyclic) bond motifs is 3. The molecule has 7 nitrogen and oxygen atoms in total. The summed E-state index contributed by atoms with van der Waals surface area (Å²) < 4.78 is 23.4. The highest BCUT2D eigenvalue weighted by molar-refractivity contribution is 7.80. The number of thiocarbonyl (C=S) groups is 1. The molecule has 1 aliphatic carbocycles. The van der Waals surface area contributed by atoms with Crippen LogP contribution in [0.5, 0.6) is 0 Å². The zero-order chi connectivity index (χ0) is 19.4. The third-order valence-electron chi connectivity index (χ3n) is 3.89. The Morgan fingerprint density at radius 2 is 1.70 bits per heavy atom. The molecular weight excluding hydrogens is 383 g/mol. The van der Waals surface area contributed by atoms with Gasteiger partial charge in [-0.05, 0) is 49.3 Å². The fraction of sp³-hybridized carbons (Fsp3) is 0.222. The Balaban J connectivity index is 2.02. The van der Waals surface area contributed by atoms with E-state index in [2.05, 4.69) is 15.6 Å². The summed E-state index contributed by atoms with van der Waals surface area (Å²) in [6, 6.07) is 13.6. The number of anilines is 1. The minimum absolute atomic E-state index is 0.0832. The van der Waals surface area contributed by atoms with Crippen molar-refractivity contribution in [2.24, 2.45) is 10.8 Å². The van der Waals surface area contributed by atoms with Gasteiger partial charge in [-0.25, -0.2) is 4.57 Å². The maximum atomic E-state index is 12.8. The first kappa shape index (κ1) is 19.5. The number of nitrogens with one attached hydrogen (secondary N) is 2. The van der Waals surface area contributed by atoms with Crippen molar-refractivity contribution in [2.45, 2.75) is 13.8 Å². The summed E-state index contributed by atoms with van der Waals surface area (Å²) in [6.07, 6.45) is 0. The van der Waals surface area contributed by atoms with Gasteiger partial charge in [0.25, 0.3) is 0 Å². The van der Waals surface area contributed by atoms with Gasteiger partial charge >= 0.3 is 7.75 Å². The van der Waals surface area contributed by atoms with Crippen molar-refractivity contribution < 1.29 is 13.6 Å². The molecule has 9 heteroatoms. The molecule has 0 atom stereocenters. The summed E-state index contributed by atoms with van der Waals surface area (Å²) >= 11 is 4.86. The van der Waals surface area contributed by atoms with Crippen molar-refractivity contribution in [3.05, 3.63) is 53.6 Å². The monoisotopic (exact) mass is 404 g/mol. The summed E-state index contributed by atoms with van der Waals surface area (Å²) in [5.74, 6) is 0. The summed E-state index contributed by atoms with van der Waals surface area (Å²) in [7, 11) is -3.44. The van der Waals surface area contributed by atoms with Crippen molar-refractivity contribution in [3.63, 3.8) is 0 Å². The number of nitrogens with two attached hydrogens (primary N) is 1. The van der Waals surface area contributed by atoms with E-state index in [4.69, 9.17) is 27.0 Å². The minimum atomic E-state index is -3.44. The average molecular weight is 404 g/mol. The van der Waals surface area contributed by atoms with Crippen molar-refractivity contribution in [1.29, 1.82) is 0 Å². The predicted octanol–water partition coefficient (Wildman–Crippen LogP) is 3.85. The van der Waals surface area contributed by atoms with Gasteiger partial charge in [0.2, 0.25) is 0 Å². The van der Waals surface area contributed by atoms with E-state index < -0.39 is 7.75 Å². The summed E-state index contributed by atoms with van der Waals surface area (Å²) in [5.41, 5.74) is 13.4. The van der Waals surface area contributed by atoms with E-state index in [1.165, 1.54) is 0 Å². The molecule has 0 unspecified atom stereocenters. The smallest absolute Gasteiger partial charge is 0.375 e. The van der Waals surface area contributed by atoms with Gasteiger partial charge in [0.05, 0.1) is 18.9 Å². The Bertz CT molecular complexity index is 938. The molecule has 3 rings (SSSR count). The summed E-state index contributed by atoms with van der Waals surface area (Å²) in [6.45, 7) is 4.06. The maximum Gasteiger partial charge on any atom is 0.432 e.